The molecule has 1 aliphatic rings. The van der Waals surface area contributed by atoms with Crippen LogP contribution in [-0.4, -0.2) is 43.0 Å². The maximum atomic E-state index is 13.7. The maximum Gasteiger partial charge on any atom is 0.241 e. The normalized spacial score (nSPS) is 16.4. The van der Waals surface area contributed by atoms with E-state index >= 15 is 0 Å². The van der Waals surface area contributed by atoms with Crippen molar-refractivity contribution in [1.29, 1.82) is 0 Å². The molecule has 0 saturated carbocycles. The first-order valence-corrected chi connectivity index (χ1v) is 8.82. The number of halogens is 3. The molecule has 1 fully saturated rings. The minimum atomic E-state index is -0.655. The molecule has 7 heteroatoms. The topological polar surface area (TPSA) is 35.6 Å². The molecule has 1 N–H and O–H groups in total. The number of rotatable bonds is 4. The van der Waals surface area contributed by atoms with Crippen molar-refractivity contribution in [2.24, 2.45) is 0 Å². The van der Waals surface area contributed by atoms with E-state index in [1.54, 1.807) is 6.92 Å². The first-order chi connectivity index (χ1) is 12.4. The van der Waals surface area contributed by atoms with Gasteiger partial charge in [0.05, 0.1) is 11.7 Å². The summed E-state index contributed by atoms with van der Waals surface area (Å²) in [7, 11) is 0. The van der Waals surface area contributed by atoms with Crippen molar-refractivity contribution < 1.29 is 13.6 Å². The molecule has 1 amide bonds. The smallest absolute Gasteiger partial charge is 0.241 e. The fraction of sp³-hybridized carbons (Fsp3) is 0.316. The average molecular weight is 380 g/mol. The highest BCUT2D eigenvalue weighted by Gasteiger charge is 2.26. The van der Waals surface area contributed by atoms with Crippen molar-refractivity contribution in [1.82, 2.24) is 4.90 Å². The summed E-state index contributed by atoms with van der Waals surface area (Å²) >= 11 is 6.04. The third-order valence-electron chi connectivity index (χ3n) is 4.60. The number of amides is 1. The van der Waals surface area contributed by atoms with E-state index in [2.05, 4.69) is 10.2 Å². The van der Waals surface area contributed by atoms with Crippen LogP contribution >= 0.6 is 11.6 Å². The number of nitrogens with one attached hydrogen (secondary N) is 1. The number of hydrogen-bond donors (Lipinski definition) is 1. The van der Waals surface area contributed by atoms with Crippen LogP contribution in [0.2, 0.25) is 5.02 Å². The van der Waals surface area contributed by atoms with Crippen LogP contribution < -0.4 is 10.2 Å². The Morgan fingerprint density at radius 2 is 1.85 bits per heavy atom. The summed E-state index contributed by atoms with van der Waals surface area (Å²) in [5.74, 6) is -1.60. The summed E-state index contributed by atoms with van der Waals surface area (Å²) in [4.78, 5) is 16.6. The van der Waals surface area contributed by atoms with Crippen LogP contribution in [-0.2, 0) is 4.79 Å². The zero-order chi connectivity index (χ0) is 18.7. The first-order valence-electron chi connectivity index (χ1n) is 8.44. The standard InChI is InChI=1S/C19H20ClF2N3O/c1-13(19(26)23-18-12-15(21)5-6-17(18)22)24-7-9-25(10-8-24)16-4-2-3-14(20)11-16/h2-6,11-13H,7-10H2,1H3,(H,23,26)/t13-/m0/s1. The zero-order valence-corrected chi connectivity index (χ0v) is 15.1. The highest BCUT2D eigenvalue weighted by atomic mass is 35.5. The van der Waals surface area contributed by atoms with Gasteiger partial charge in [0.15, 0.2) is 0 Å². The average Bonchev–Trinajstić information content (AvgIpc) is 2.64. The van der Waals surface area contributed by atoms with Crippen molar-refractivity contribution in [3.8, 4) is 0 Å². The molecule has 138 valence electrons. The molecule has 0 radical (unpaired) electrons. The van der Waals surface area contributed by atoms with Gasteiger partial charge >= 0.3 is 0 Å². The summed E-state index contributed by atoms with van der Waals surface area (Å²) in [5.41, 5.74) is 0.912. The highest BCUT2D eigenvalue weighted by molar-refractivity contribution is 6.30. The van der Waals surface area contributed by atoms with Crippen molar-refractivity contribution in [3.63, 3.8) is 0 Å². The lowest BCUT2D eigenvalue weighted by Gasteiger charge is -2.38. The second-order valence-corrected chi connectivity index (χ2v) is 6.73. The molecule has 4 nitrogen and oxygen atoms in total. The van der Waals surface area contributed by atoms with Gasteiger partial charge in [0.1, 0.15) is 11.6 Å². The van der Waals surface area contributed by atoms with Crippen LogP contribution in [0, 0.1) is 11.6 Å². The van der Waals surface area contributed by atoms with Crippen LogP contribution in [0.5, 0.6) is 0 Å². The van der Waals surface area contributed by atoms with E-state index in [4.69, 9.17) is 11.6 Å². The Labute approximate surface area is 156 Å². The van der Waals surface area contributed by atoms with E-state index in [-0.39, 0.29) is 11.6 Å². The molecular weight excluding hydrogens is 360 g/mol. The molecule has 0 aromatic heterocycles. The molecule has 0 spiro atoms. The van der Waals surface area contributed by atoms with E-state index in [0.717, 1.165) is 37.0 Å². The SMILES string of the molecule is C[C@@H](C(=O)Nc1cc(F)ccc1F)N1CCN(c2cccc(Cl)c2)CC1. The van der Waals surface area contributed by atoms with Crippen LogP contribution in [0.15, 0.2) is 42.5 Å². The van der Waals surface area contributed by atoms with Gasteiger partial charge in [-0.3, -0.25) is 9.69 Å². The van der Waals surface area contributed by atoms with Gasteiger partial charge in [-0.25, -0.2) is 8.78 Å². The largest absolute Gasteiger partial charge is 0.369 e. The van der Waals surface area contributed by atoms with Crippen molar-refractivity contribution in [3.05, 3.63) is 59.1 Å². The Morgan fingerprint density at radius 1 is 1.12 bits per heavy atom. The fourth-order valence-corrected chi connectivity index (χ4v) is 3.22. The number of piperazine rings is 1. The van der Waals surface area contributed by atoms with Gasteiger partial charge in [-0.1, -0.05) is 17.7 Å². The number of anilines is 2. The predicted octanol–water partition coefficient (Wildman–Crippen LogP) is 3.77. The molecule has 2 aromatic carbocycles. The van der Waals surface area contributed by atoms with Gasteiger partial charge in [-0.15, -0.1) is 0 Å². The molecule has 3 rings (SSSR count). The monoisotopic (exact) mass is 379 g/mol. The number of carbonyl (C=O) groups is 1. The lowest BCUT2D eigenvalue weighted by Crippen LogP contribution is -2.52. The summed E-state index contributed by atoms with van der Waals surface area (Å²) in [5, 5.41) is 3.16. The van der Waals surface area contributed by atoms with Gasteiger partial charge in [0, 0.05) is 43.0 Å². The maximum absolute atomic E-state index is 13.7. The van der Waals surface area contributed by atoms with E-state index in [1.165, 1.54) is 0 Å². The first kappa shape index (κ1) is 18.6. The number of hydrogen-bond acceptors (Lipinski definition) is 3. The summed E-state index contributed by atoms with van der Waals surface area (Å²) < 4.78 is 26.9. The van der Waals surface area contributed by atoms with Crippen molar-refractivity contribution in [2.75, 3.05) is 36.4 Å². The van der Waals surface area contributed by atoms with E-state index in [1.807, 2.05) is 29.2 Å². The van der Waals surface area contributed by atoms with Gasteiger partial charge in [0.2, 0.25) is 5.91 Å². The Balaban J connectivity index is 1.58. The second-order valence-electron chi connectivity index (χ2n) is 6.29. The lowest BCUT2D eigenvalue weighted by atomic mass is 10.2. The summed E-state index contributed by atoms with van der Waals surface area (Å²) in [6.45, 7) is 4.65. The Morgan fingerprint density at radius 3 is 2.54 bits per heavy atom. The quantitative estimate of drug-likeness (QED) is 0.878. The van der Waals surface area contributed by atoms with Gasteiger partial charge in [-0.05, 0) is 37.3 Å². The van der Waals surface area contributed by atoms with Crippen LogP contribution in [0.1, 0.15) is 6.92 Å². The van der Waals surface area contributed by atoms with Gasteiger partial charge < -0.3 is 10.2 Å². The molecule has 2 aromatic rings. The molecule has 1 saturated heterocycles. The minimum absolute atomic E-state index is 0.139. The Bertz CT molecular complexity index is 794. The molecule has 1 heterocycles. The second kappa shape index (κ2) is 8.01. The number of benzene rings is 2. The molecular formula is C19H20ClF2N3O. The third-order valence-corrected chi connectivity index (χ3v) is 4.84. The van der Waals surface area contributed by atoms with Crippen LogP contribution in [0.4, 0.5) is 20.2 Å². The van der Waals surface area contributed by atoms with Crippen molar-refractivity contribution >= 4 is 28.9 Å². The molecule has 0 aliphatic carbocycles. The Hall–Kier alpha value is -2.18. The minimum Gasteiger partial charge on any atom is -0.369 e. The summed E-state index contributed by atoms with van der Waals surface area (Å²) in [6, 6.07) is 10.2. The highest BCUT2D eigenvalue weighted by Crippen LogP contribution is 2.22. The molecule has 1 atom stereocenters. The van der Waals surface area contributed by atoms with E-state index in [0.29, 0.717) is 18.1 Å². The van der Waals surface area contributed by atoms with E-state index in [9.17, 15) is 13.6 Å². The molecule has 0 unspecified atom stereocenters. The fourth-order valence-electron chi connectivity index (χ4n) is 3.04. The van der Waals surface area contributed by atoms with E-state index < -0.39 is 17.7 Å². The molecule has 0 bridgehead atoms. The predicted molar refractivity (Wildman–Crippen MR) is 99.7 cm³/mol. The van der Waals surface area contributed by atoms with Gasteiger partial charge in [0.25, 0.3) is 0 Å². The van der Waals surface area contributed by atoms with Crippen LogP contribution in [0.25, 0.3) is 0 Å². The van der Waals surface area contributed by atoms with Gasteiger partial charge in [-0.2, -0.15) is 0 Å². The van der Waals surface area contributed by atoms with Crippen LogP contribution in [0.3, 0.4) is 0 Å². The molecule has 26 heavy (non-hydrogen) atoms. The Kier molecular flexibility index (Phi) is 5.74. The lowest BCUT2D eigenvalue weighted by molar-refractivity contribution is -0.120. The summed E-state index contributed by atoms with van der Waals surface area (Å²) in [6.07, 6.45) is 0. The zero-order valence-electron chi connectivity index (χ0n) is 14.4. The molecule has 1 aliphatic heterocycles. The number of nitrogens with zero attached hydrogens (tertiary/aromatic N) is 2. The third kappa shape index (κ3) is 4.31. The number of carbonyl (C=O) groups excluding carboxylic acids is 1. The van der Waals surface area contributed by atoms with Crippen molar-refractivity contribution in [2.45, 2.75) is 13.0 Å².